The fourth-order valence-electron chi connectivity index (χ4n) is 0.431. The van der Waals surface area contributed by atoms with Crippen molar-refractivity contribution in [2.24, 2.45) is 0 Å². The number of rotatable bonds is 3. The number of ether oxygens (including phenoxy) is 1. The van der Waals surface area contributed by atoms with Crippen LogP contribution in [0.15, 0.2) is 0 Å². The van der Waals surface area contributed by atoms with Gasteiger partial charge in [-0.1, -0.05) is 0 Å². The van der Waals surface area contributed by atoms with Crippen LogP contribution in [-0.4, -0.2) is 29.4 Å². The Kier molecular flexibility index (Phi) is 4.61. The number of carbonyl (C=O) groups excluding carboxylic acids is 2. The van der Waals surface area contributed by atoms with E-state index in [-0.39, 0.29) is 12.5 Å². The van der Waals surface area contributed by atoms with Crippen LogP contribution >= 0.6 is 11.8 Å². The van der Waals surface area contributed by atoms with Gasteiger partial charge in [-0.3, -0.25) is 9.59 Å². The van der Waals surface area contributed by atoms with Gasteiger partial charge in [-0.15, -0.1) is 0 Å². The molecule has 11 heavy (non-hydrogen) atoms. The third-order valence-electron chi connectivity index (χ3n) is 0.915. The number of amides is 1. The van der Waals surface area contributed by atoms with E-state index >= 15 is 0 Å². The predicted octanol–water partition coefficient (Wildman–Crippen LogP) is 0.552. The zero-order valence-corrected chi connectivity index (χ0v) is 7.22. The van der Waals surface area contributed by atoms with Crippen molar-refractivity contribution < 1.29 is 14.3 Å². The third-order valence-corrected chi connectivity index (χ3v) is 1.27. The van der Waals surface area contributed by atoms with Crippen LogP contribution in [0, 0.1) is 0 Å². The fourth-order valence-corrected chi connectivity index (χ4v) is 0.529. The summed E-state index contributed by atoms with van der Waals surface area (Å²) in [6.07, 6.45) is 0. The summed E-state index contributed by atoms with van der Waals surface area (Å²) in [4.78, 5) is 21.1. The number of nitrogens with zero attached hydrogens (tertiary/aromatic N) is 1. The van der Waals surface area contributed by atoms with Gasteiger partial charge in [-0.2, -0.15) is 0 Å². The summed E-state index contributed by atoms with van der Waals surface area (Å²) in [5.74, 6) is -0.877. The van der Waals surface area contributed by atoms with Crippen molar-refractivity contribution in [2.45, 2.75) is 13.8 Å². The highest BCUT2D eigenvalue weighted by atomic mass is 35.5. The molecule has 0 saturated heterocycles. The molecule has 0 aromatic heterocycles. The van der Waals surface area contributed by atoms with Crippen molar-refractivity contribution in [3.8, 4) is 0 Å². The van der Waals surface area contributed by atoms with Crippen LogP contribution in [0.5, 0.6) is 0 Å². The molecule has 4 nitrogen and oxygen atoms in total. The number of esters is 1. The van der Waals surface area contributed by atoms with E-state index in [1.165, 1.54) is 6.92 Å². The van der Waals surface area contributed by atoms with E-state index in [0.29, 0.717) is 6.61 Å². The van der Waals surface area contributed by atoms with E-state index in [1.54, 1.807) is 6.92 Å². The summed E-state index contributed by atoms with van der Waals surface area (Å²) in [5.41, 5.74) is 0. The molecule has 0 aliphatic carbocycles. The highest BCUT2D eigenvalue weighted by molar-refractivity contribution is 6.21. The molecule has 0 unspecified atom stereocenters. The molecule has 0 aromatic carbocycles. The van der Waals surface area contributed by atoms with Crippen LogP contribution in [0.1, 0.15) is 13.8 Å². The standard InChI is InChI=1S/C6H10ClNO3/c1-3-11-6(10)4-8(7)5(2)9/h3-4H2,1-2H3. The highest BCUT2D eigenvalue weighted by Gasteiger charge is 2.10. The lowest BCUT2D eigenvalue weighted by atomic mass is 10.6. The Morgan fingerprint density at radius 1 is 1.55 bits per heavy atom. The topological polar surface area (TPSA) is 46.6 Å². The first-order chi connectivity index (χ1) is 5.07. The zero-order chi connectivity index (χ0) is 8.85. The second-order valence-corrected chi connectivity index (χ2v) is 2.25. The molecule has 0 N–H and O–H groups in total. The number of hydrogen-bond acceptors (Lipinski definition) is 3. The van der Waals surface area contributed by atoms with Crippen molar-refractivity contribution >= 4 is 23.7 Å². The fraction of sp³-hybridized carbons (Fsp3) is 0.667. The molecule has 1 amide bonds. The molecule has 0 aliphatic rings. The molecule has 0 heterocycles. The van der Waals surface area contributed by atoms with E-state index < -0.39 is 5.97 Å². The summed E-state index contributed by atoms with van der Waals surface area (Å²) >= 11 is 5.33. The van der Waals surface area contributed by atoms with Gasteiger partial charge < -0.3 is 4.74 Å². The van der Waals surface area contributed by atoms with Crippen molar-refractivity contribution in [3.05, 3.63) is 0 Å². The second-order valence-electron chi connectivity index (χ2n) is 1.84. The molecular formula is C6H10ClNO3. The SMILES string of the molecule is CCOC(=O)CN(Cl)C(C)=O. The highest BCUT2D eigenvalue weighted by Crippen LogP contribution is 1.94. The number of hydrogen-bond donors (Lipinski definition) is 0. The van der Waals surface area contributed by atoms with Gasteiger partial charge in [0.25, 0.3) is 0 Å². The van der Waals surface area contributed by atoms with E-state index in [2.05, 4.69) is 4.74 Å². The van der Waals surface area contributed by atoms with Crippen molar-refractivity contribution in [1.29, 1.82) is 0 Å². The van der Waals surface area contributed by atoms with Crippen LogP contribution < -0.4 is 0 Å². The largest absolute Gasteiger partial charge is 0.465 e. The summed E-state index contributed by atoms with van der Waals surface area (Å²) in [5, 5.41) is 0. The Morgan fingerprint density at radius 2 is 2.09 bits per heavy atom. The molecule has 64 valence electrons. The Balaban J connectivity index is 3.66. The quantitative estimate of drug-likeness (QED) is 0.470. The summed E-state index contributed by atoms with van der Waals surface area (Å²) < 4.78 is 5.32. The van der Waals surface area contributed by atoms with Gasteiger partial charge in [0.15, 0.2) is 0 Å². The lowest BCUT2D eigenvalue weighted by Gasteiger charge is -2.09. The average molecular weight is 180 g/mol. The van der Waals surface area contributed by atoms with Gasteiger partial charge in [0, 0.05) is 18.7 Å². The lowest BCUT2D eigenvalue weighted by molar-refractivity contribution is -0.145. The zero-order valence-electron chi connectivity index (χ0n) is 6.46. The van der Waals surface area contributed by atoms with Gasteiger partial charge >= 0.3 is 5.97 Å². The van der Waals surface area contributed by atoms with Crippen LogP contribution in [0.4, 0.5) is 0 Å². The van der Waals surface area contributed by atoms with Crippen LogP contribution in [0.2, 0.25) is 0 Å². The monoisotopic (exact) mass is 179 g/mol. The first-order valence-corrected chi connectivity index (χ1v) is 3.51. The lowest BCUT2D eigenvalue weighted by Crippen LogP contribution is -2.26. The maximum absolute atomic E-state index is 10.7. The summed E-state index contributed by atoms with van der Waals surface area (Å²) in [7, 11) is 0. The summed E-state index contributed by atoms with van der Waals surface area (Å²) in [6.45, 7) is 3.04. The smallest absolute Gasteiger partial charge is 0.327 e. The Labute approximate surface area is 70.2 Å². The Bertz CT molecular complexity index is 160. The molecule has 0 aliphatic heterocycles. The minimum absolute atomic E-state index is 0.204. The van der Waals surface area contributed by atoms with Crippen LogP contribution in [-0.2, 0) is 14.3 Å². The first-order valence-electron chi connectivity index (χ1n) is 3.17. The number of carbonyl (C=O) groups is 2. The normalized spacial score (nSPS) is 9.00. The molecule has 5 heteroatoms. The maximum Gasteiger partial charge on any atom is 0.327 e. The third kappa shape index (κ3) is 4.61. The van der Waals surface area contributed by atoms with E-state index in [9.17, 15) is 9.59 Å². The molecule has 0 bridgehead atoms. The van der Waals surface area contributed by atoms with Crippen molar-refractivity contribution in [3.63, 3.8) is 0 Å². The number of halogens is 1. The van der Waals surface area contributed by atoms with Gasteiger partial charge in [0.2, 0.25) is 5.91 Å². The van der Waals surface area contributed by atoms with Gasteiger partial charge in [-0.05, 0) is 6.92 Å². The van der Waals surface area contributed by atoms with Crippen LogP contribution in [0.3, 0.4) is 0 Å². The molecule has 0 rings (SSSR count). The van der Waals surface area contributed by atoms with Crippen LogP contribution in [0.25, 0.3) is 0 Å². The van der Waals surface area contributed by atoms with Gasteiger partial charge in [-0.25, -0.2) is 4.42 Å². The van der Waals surface area contributed by atoms with E-state index in [0.717, 1.165) is 4.42 Å². The second kappa shape index (κ2) is 4.96. The maximum atomic E-state index is 10.7. The molecule has 0 saturated carbocycles. The minimum Gasteiger partial charge on any atom is -0.465 e. The molecule has 0 spiro atoms. The van der Waals surface area contributed by atoms with E-state index in [1.807, 2.05) is 0 Å². The van der Waals surface area contributed by atoms with Gasteiger partial charge in [0.05, 0.1) is 6.61 Å². The van der Waals surface area contributed by atoms with Crippen molar-refractivity contribution in [2.75, 3.05) is 13.2 Å². The molecule has 0 atom stereocenters. The van der Waals surface area contributed by atoms with E-state index in [4.69, 9.17) is 11.8 Å². The van der Waals surface area contributed by atoms with Gasteiger partial charge in [0.1, 0.15) is 6.54 Å². The van der Waals surface area contributed by atoms with Crippen molar-refractivity contribution in [1.82, 2.24) is 4.42 Å². The minimum atomic E-state index is -0.502. The first kappa shape index (κ1) is 10.2. The predicted molar refractivity (Wildman–Crippen MR) is 39.9 cm³/mol. The Morgan fingerprint density at radius 3 is 2.45 bits per heavy atom. The Hall–Kier alpha value is -0.770. The molecule has 0 fully saturated rings. The summed E-state index contributed by atoms with van der Waals surface area (Å²) in [6, 6.07) is 0. The average Bonchev–Trinajstić information content (AvgIpc) is 1.87. The molecule has 0 radical (unpaired) electrons. The molecule has 0 aromatic rings. The molecular weight excluding hydrogens is 170 g/mol.